The third-order valence-electron chi connectivity index (χ3n) is 3.92. The lowest BCUT2D eigenvalue weighted by atomic mass is 9.84. The Morgan fingerprint density at radius 2 is 1.54 bits per heavy atom. The van der Waals surface area contributed by atoms with E-state index >= 15 is 0 Å². The van der Waals surface area contributed by atoms with Gasteiger partial charge in [-0.15, -0.1) is 5.10 Å². The van der Waals surface area contributed by atoms with E-state index in [1.54, 1.807) is 30.3 Å². The highest BCUT2D eigenvalue weighted by Gasteiger charge is 2.29. The minimum absolute atomic E-state index is 0.134. The molecular formula is C17H9N3O4. The molecule has 7 nitrogen and oxygen atoms in total. The first-order valence-electron chi connectivity index (χ1n) is 7.05. The highest BCUT2D eigenvalue weighted by Crippen LogP contribution is 2.28. The first kappa shape index (κ1) is 14.0. The van der Waals surface area contributed by atoms with Gasteiger partial charge in [0.15, 0.2) is 17.3 Å². The van der Waals surface area contributed by atoms with Gasteiger partial charge in [0.25, 0.3) is 0 Å². The maximum Gasteiger partial charge on any atom is 0.356 e. The summed E-state index contributed by atoms with van der Waals surface area (Å²) in [4.78, 5) is 36.4. The largest absolute Gasteiger partial charge is 0.476 e. The summed E-state index contributed by atoms with van der Waals surface area (Å²) in [5.41, 5.74) is 1.44. The van der Waals surface area contributed by atoms with Crippen LogP contribution in [0, 0.1) is 0 Å². The van der Waals surface area contributed by atoms with Gasteiger partial charge in [0.05, 0.1) is 11.9 Å². The molecule has 1 aliphatic rings. The van der Waals surface area contributed by atoms with Crippen LogP contribution in [-0.4, -0.2) is 37.6 Å². The second-order valence-corrected chi connectivity index (χ2v) is 5.27. The van der Waals surface area contributed by atoms with Crippen LogP contribution in [0.25, 0.3) is 5.69 Å². The van der Waals surface area contributed by atoms with E-state index in [1.807, 2.05) is 0 Å². The van der Waals surface area contributed by atoms with Gasteiger partial charge in [-0.1, -0.05) is 29.5 Å². The molecule has 2 aromatic carbocycles. The number of carboxylic acid groups (broad SMARTS) is 1. The van der Waals surface area contributed by atoms with Gasteiger partial charge in [-0.25, -0.2) is 9.48 Å². The lowest BCUT2D eigenvalue weighted by molar-refractivity contribution is 0.0686. The highest BCUT2D eigenvalue weighted by atomic mass is 16.4. The Kier molecular flexibility index (Phi) is 2.89. The van der Waals surface area contributed by atoms with Gasteiger partial charge < -0.3 is 5.11 Å². The topological polar surface area (TPSA) is 102 Å². The summed E-state index contributed by atoms with van der Waals surface area (Å²) in [5, 5.41) is 16.5. The van der Waals surface area contributed by atoms with E-state index in [-0.39, 0.29) is 22.8 Å². The molecule has 0 saturated carbocycles. The van der Waals surface area contributed by atoms with E-state index in [0.717, 1.165) is 10.9 Å². The first-order chi connectivity index (χ1) is 11.6. The van der Waals surface area contributed by atoms with Crippen molar-refractivity contribution in [2.75, 3.05) is 0 Å². The number of rotatable bonds is 2. The van der Waals surface area contributed by atoms with Gasteiger partial charge in [-0.05, 0) is 18.2 Å². The number of carboxylic acids is 1. The number of nitrogens with zero attached hydrogens (tertiary/aromatic N) is 3. The molecular weight excluding hydrogens is 310 g/mol. The van der Waals surface area contributed by atoms with Gasteiger partial charge in [0, 0.05) is 22.3 Å². The van der Waals surface area contributed by atoms with Crippen LogP contribution in [0.5, 0.6) is 0 Å². The Labute approximate surface area is 135 Å². The van der Waals surface area contributed by atoms with E-state index in [0.29, 0.717) is 22.4 Å². The number of hydrogen-bond donors (Lipinski definition) is 1. The fourth-order valence-corrected chi connectivity index (χ4v) is 2.79. The van der Waals surface area contributed by atoms with Crippen molar-refractivity contribution < 1.29 is 19.5 Å². The van der Waals surface area contributed by atoms with Crippen molar-refractivity contribution in [1.82, 2.24) is 15.0 Å². The number of ketones is 2. The normalized spacial score (nSPS) is 12.7. The second-order valence-electron chi connectivity index (χ2n) is 5.27. The average Bonchev–Trinajstić information content (AvgIpc) is 3.09. The zero-order chi connectivity index (χ0) is 16.8. The number of hydrogen-bond acceptors (Lipinski definition) is 5. The monoisotopic (exact) mass is 319 g/mol. The number of aromatic carboxylic acids is 1. The van der Waals surface area contributed by atoms with Gasteiger partial charge in [0.2, 0.25) is 0 Å². The molecule has 7 heteroatoms. The molecule has 1 N–H and O–H groups in total. The fourth-order valence-electron chi connectivity index (χ4n) is 2.79. The van der Waals surface area contributed by atoms with Gasteiger partial charge in [-0.3, -0.25) is 9.59 Å². The minimum Gasteiger partial charge on any atom is -0.476 e. The molecule has 3 aromatic rings. The van der Waals surface area contributed by atoms with Crippen molar-refractivity contribution in [1.29, 1.82) is 0 Å². The molecule has 0 aliphatic heterocycles. The number of fused-ring (bicyclic) bond motifs is 2. The molecule has 0 fully saturated rings. The molecule has 4 rings (SSSR count). The summed E-state index contributed by atoms with van der Waals surface area (Å²) in [6, 6.07) is 11.1. The Balaban J connectivity index is 1.90. The Morgan fingerprint density at radius 3 is 2.21 bits per heavy atom. The van der Waals surface area contributed by atoms with Crippen LogP contribution >= 0.6 is 0 Å². The third kappa shape index (κ3) is 1.88. The van der Waals surface area contributed by atoms with Gasteiger partial charge in [-0.2, -0.15) is 0 Å². The number of carbonyl (C=O) groups excluding carboxylic acids is 2. The summed E-state index contributed by atoms with van der Waals surface area (Å²) < 4.78 is 1.11. The average molecular weight is 319 g/mol. The molecule has 0 radical (unpaired) electrons. The lowest BCUT2D eigenvalue weighted by Gasteiger charge is -2.18. The number of benzene rings is 2. The van der Waals surface area contributed by atoms with Crippen LogP contribution in [-0.2, 0) is 0 Å². The molecule has 24 heavy (non-hydrogen) atoms. The van der Waals surface area contributed by atoms with Crippen molar-refractivity contribution in [3.63, 3.8) is 0 Å². The number of carbonyl (C=O) groups is 3. The quantitative estimate of drug-likeness (QED) is 0.604. The molecule has 0 amide bonds. The predicted molar refractivity (Wildman–Crippen MR) is 81.6 cm³/mol. The van der Waals surface area contributed by atoms with Crippen molar-refractivity contribution in [2.45, 2.75) is 0 Å². The van der Waals surface area contributed by atoms with Crippen molar-refractivity contribution in [3.05, 3.63) is 76.6 Å². The maximum atomic E-state index is 12.7. The Bertz CT molecular complexity index is 1040. The molecule has 1 aromatic heterocycles. The molecule has 116 valence electrons. The molecule has 1 heterocycles. The molecule has 0 spiro atoms. The minimum atomic E-state index is -1.19. The summed E-state index contributed by atoms with van der Waals surface area (Å²) in [6.45, 7) is 0. The fraction of sp³-hybridized carbons (Fsp3) is 0. The zero-order valence-electron chi connectivity index (χ0n) is 12.1. The van der Waals surface area contributed by atoms with E-state index < -0.39 is 5.97 Å². The highest BCUT2D eigenvalue weighted by molar-refractivity contribution is 6.28. The third-order valence-corrected chi connectivity index (χ3v) is 3.92. The SMILES string of the molecule is O=C1c2ccccc2C(=O)c2cc(-n3nncc3C(=O)O)ccc21. The zero-order valence-corrected chi connectivity index (χ0v) is 12.1. The molecule has 0 bridgehead atoms. The van der Waals surface area contributed by atoms with Crippen LogP contribution in [0.15, 0.2) is 48.7 Å². The Morgan fingerprint density at radius 1 is 0.917 bits per heavy atom. The van der Waals surface area contributed by atoms with E-state index in [9.17, 15) is 14.4 Å². The first-order valence-corrected chi connectivity index (χ1v) is 7.05. The van der Waals surface area contributed by atoms with E-state index in [2.05, 4.69) is 10.3 Å². The van der Waals surface area contributed by atoms with Crippen molar-refractivity contribution >= 4 is 17.5 Å². The van der Waals surface area contributed by atoms with Crippen LogP contribution in [0.2, 0.25) is 0 Å². The molecule has 0 saturated heterocycles. The summed E-state index contributed by atoms with van der Waals surface area (Å²) in [7, 11) is 0. The predicted octanol–water partition coefficient (Wildman–Crippen LogP) is 1.74. The lowest BCUT2D eigenvalue weighted by Crippen LogP contribution is -2.21. The van der Waals surface area contributed by atoms with Crippen molar-refractivity contribution in [3.8, 4) is 5.69 Å². The van der Waals surface area contributed by atoms with Crippen LogP contribution in [0.1, 0.15) is 42.3 Å². The smallest absolute Gasteiger partial charge is 0.356 e. The number of aromatic nitrogens is 3. The molecule has 1 aliphatic carbocycles. The summed E-state index contributed by atoms with van der Waals surface area (Å²) in [6.07, 6.45) is 1.12. The molecule has 0 unspecified atom stereocenters. The van der Waals surface area contributed by atoms with Crippen LogP contribution in [0.4, 0.5) is 0 Å². The summed E-state index contributed by atoms with van der Waals surface area (Å²) >= 11 is 0. The van der Waals surface area contributed by atoms with E-state index in [1.165, 1.54) is 12.1 Å². The maximum absolute atomic E-state index is 12.7. The van der Waals surface area contributed by atoms with Crippen LogP contribution < -0.4 is 0 Å². The summed E-state index contributed by atoms with van der Waals surface area (Å²) in [5.74, 6) is -1.70. The van der Waals surface area contributed by atoms with Crippen LogP contribution in [0.3, 0.4) is 0 Å². The Hall–Kier alpha value is -3.61. The van der Waals surface area contributed by atoms with Gasteiger partial charge in [0.1, 0.15) is 0 Å². The molecule has 0 atom stereocenters. The van der Waals surface area contributed by atoms with Crippen molar-refractivity contribution in [2.24, 2.45) is 0 Å². The van der Waals surface area contributed by atoms with E-state index in [4.69, 9.17) is 5.11 Å². The van der Waals surface area contributed by atoms with Gasteiger partial charge >= 0.3 is 5.97 Å². The second kappa shape index (κ2) is 4.95. The standard InChI is InChI=1S/C17H9N3O4/c21-15-10-3-1-2-4-11(10)16(22)13-7-9(5-6-12(13)15)20-14(17(23)24)8-18-19-20/h1-8H,(H,23,24).